The molecule has 34 heavy (non-hydrogen) atoms. The number of aryl methyl sites for hydroxylation is 2. The molecule has 0 aliphatic heterocycles. The molecular weight excluding hydrogens is 452 g/mol. The van der Waals surface area contributed by atoms with Gasteiger partial charge in [0.1, 0.15) is 5.75 Å². The number of carbonyl (C=O) groups is 1. The van der Waals surface area contributed by atoms with Gasteiger partial charge in [0.2, 0.25) is 0 Å². The molecule has 0 saturated carbocycles. The summed E-state index contributed by atoms with van der Waals surface area (Å²) < 4.78 is 35.9. The summed E-state index contributed by atoms with van der Waals surface area (Å²) in [6.07, 6.45) is 2.50. The van der Waals surface area contributed by atoms with Crippen molar-refractivity contribution in [3.8, 4) is 5.75 Å². The molecule has 4 aromatic rings. The first-order valence-electron chi connectivity index (χ1n) is 10.8. The van der Waals surface area contributed by atoms with Gasteiger partial charge in [0.25, 0.3) is 15.9 Å². The quantitative estimate of drug-likeness (QED) is 0.354. The van der Waals surface area contributed by atoms with Gasteiger partial charge < -0.3 is 14.6 Å². The van der Waals surface area contributed by atoms with Gasteiger partial charge in [0.05, 0.1) is 35.1 Å². The van der Waals surface area contributed by atoms with Gasteiger partial charge in [0.15, 0.2) is 0 Å². The Morgan fingerprint density at radius 1 is 1.06 bits per heavy atom. The number of ether oxygens (including phenoxy) is 1. The third-order valence-electron chi connectivity index (χ3n) is 5.48. The SMILES string of the molecule is COc1ccccc1NS(=O)(=O)c1cc(C(=O)NCCCn2cnc3ccccc32)ccc1C. The minimum absolute atomic E-state index is 0.0379. The van der Waals surface area contributed by atoms with E-state index in [2.05, 4.69) is 15.0 Å². The van der Waals surface area contributed by atoms with Crippen molar-refractivity contribution in [2.45, 2.75) is 24.8 Å². The molecule has 0 unspecified atom stereocenters. The molecule has 8 nitrogen and oxygen atoms in total. The first kappa shape index (κ1) is 23.3. The molecule has 3 aromatic carbocycles. The van der Waals surface area contributed by atoms with Gasteiger partial charge in [-0.05, 0) is 55.3 Å². The van der Waals surface area contributed by atoms with Crippen molar-refractivity contribution in [3.05, 3.63) is 84.2 Å². The molecule has 0 aliphatic carbocycles. The van der Waals surface area contributed by atoms with E-state index in [-0.39, 0.29) is 16.4 Å². The van der Waals surface area contributed by atoms with E-state index in [1.54, 1.807) is 49.6 Å². The van der Waals surface area contributed by atoms with Crippen LogP contribution in [0.1, 0.15) is 22.3 Å². The lowest BCUT2D eigenvalue weighted by Gasteiger charge is -2.14. The van der Waals surface area contributed by atoms with E-state index in [4.69, 9.17) is 4.74 Å². The third-order valence-corrected chi connectivity index (χ3v) is 6.99. The van der Waals surface area contributed by atoms with Crippen LogP contribution in [0.4, 0.5) is 5.69 Å². The number of benzene rings is 3. The number of methoxy groups -OCH3 is 1. The van der Waals surface area contributed by atoms with Crippen LogP contribution in [-0.2, 0) is 16.6 Å². The number of imidazole rings is 1. The molecule has 0 radical (unpaired) electrons. The number of hydrogen-bond acceptors (Lipinski definition) is 5. The average Bonchev–Trinajstić information content (AvgIpc) is 3.25. The molecule has 9 heteroatoms. The van der Waals surface area contributed by atoms with Gasteiger partial charge >= 0.3 is 0 Å². The minimum atomic E-state index is -3.93. The van der Waals surface area contributed by atoms with E-state index < -0.39 is 10.0 Å². The average molecular weight is 479 g/mol. The van der Waals surface area contributed by atoms with Crippen LogP contribution in [0.5, 0.6) is 5.75 Å². The summed E-state index contributed by atoms with van der Waals surface area (Å²) >= 11 is 0. The molecule has 1 heterocycles. The van der Waals surface area contributed by atoms with E-state index in [1.165, 1.54) is 13.2 Å². The second-order valence-electron chi connectivity index (χ2n) is 7.82. The van der Waals surface area contributed by atoms with Crippen LogP contribution >= 0.6 is 0 Å². The maximum Gasteiger partial charge on any atom is 0.262 e. The Balaban J connectivity index is 1.42. The highest BCUT2D eigenvalue weighted by Crippen LogP contribution is 2.27. The second kappa shape index (κ2) is 9.96. The topological polar surface area (TPSA) is 102 Å². The third kappa shape index (κ3) is 5.04. The van der Waals surface area contributed by atoms with Gasteiger partial charge in [0, 0.05) is 18.7 Å². The Hall–Kier alpha value is -3.85. The van der Waals surface area contributed by atoms with Crippen LogP contribution in [-0.4, -0.2) is 37.5 Å². The maximum absolute atomic E-state index is 13.1. The number of para-hydroxylation sites is 4. The van der Waals surface area contributed by atoms with Gasteiger partial charge in [-0.3, -0.25) is 9.52 Å². The summed E-state index contributed by atoms with van der Waals surface area (Å²) in [5.41, 5.74) is 3.11. The lowest BCUT2D eigenvalue weighted by atomic mass is 10.1. The molecule has 2 N–H and O–H groups in total. The van der Waals surface area contributed by atoms with Crippen LogP contribution in [0.15, 0.2) is 78.0 Å². The lowest BCUT2D eigenvalue weighted by molar-refractivity contribution is 0.0952. The van der Waals surface area contributed by atoms with E-state index in [1.807, 2.05) is 28.8 Å². The number of sulfonamides is 1. The summed E-state index contributed by atoms with van der Waals surface area (Å²) in [5, 5.41) is 2.87. The highest BCUT2D eigenvalue weighted by molar-refractivity contribution is 7.92. The molecule has 0 saturated heterocycles. The number of rotatable bonds is 9. The van der Waals surface area contributed by atoms with Crippen molar-refractivity contribution in [3.63, 3.8) is 0 Å². The Morgan fingerprint density at radius 3 is 2.65 bits per heavy atom. The first-order chi connectivity index (χ1) is 16.4. The van der Waals surface area contributed by atoms with Crippen molar-refractivity contribution < 1.29 is 17.9 Å². The number of anilines is 1. The van der Waals surface area contributed by atoms with Gasteiger partial charge in [-0.1, -0.05) is 30.3 Å². The zero-order valence-electron chi connectivity index (χ0n) is 19.0. The highest BCUT2D eigenvalue weighted by Gasteiger charge is 2.20. The van der Waals surface area contributed by atoms with Gasteiger partial charge in [-0.2, -0.15) is 0 Å². The fraction of sp³-hybridized carbons (Fsp3) is 0.200. The monoisotopic (exact) mass is 478 g/mol. The summed E-state index contributed by atoms with van der Waals surface area (Å²) in [7, 11) is -2.46. The largest absolute Gasteiger partial charge is 0.495 e. The summed E-state index contributed by atoms with van der Waals surface area (Å²) in [5.74, 6) is 0.0764. The highest BCUT2D eigenvalue weighted by atomic mass is 32.2. The Bertz CT molecular complexity index is 1430. The fourth-order valence-corrected chi connectivity index (χ4v) is 5.04. The Kier molecular flexibility index (Phi) is 6.83. The molecule has 0 fully saturated rings. The number of carbonyl (C=O) groups excluding carboxylic acids is 1. The van der Waals surface area contributed by atoms with E-state index in [9.17, 15) is 13.2 Å². The fourth-order valence-electron chi connectivity index (χ4n) is 3.70. The van der Waals surface area contributed by atoms with Crippen LogP contribution in [0.3, 0.4) is 0 Å². The van der Waals surface area contributed by atoms with Crippen molar-refractivity contribution in [2.75, 3.05) is 18.4 Å². The number of fused-ring (bicyclic) bond motifs is 1. The standard InChI is InChI=1S/C25H26N4O4S/c1-18-12-13-19(16-24(18)34(31,32)28-21-9-4-6-11-23(21)33-2)25(30)26-14-7-15-29-17-27-20-8-3-5-10-22(20)29/h3-6,8-13,16-17,28H,7,14-15H2,1-2H3,(H,26,30). The summed E-state index contributed by atoms with van der Waals surface area (Å²) in [6.45, 7) is 2.84. The number of hydrogen-bond donors (Lipinski definition) is 2. The van der Waals surface area contributed by atoms with Crippen molar-refractivity contribution >= 4 is 32.7 Å². The lowest BCUT2D eigenvalue weighted by Crippen LogP contribution is -2.26. The van der Waals surface area contributed by atoms with Crippen molar-refractivity contribution in [2.24, 2.45) is 0 Å². The molecule has 1 amide bonds. The molecule has 176 valence electrons. The van der Waals surface area contributed by atoms with Crippen molar-refractivity contribution in [1.29, 1.82) is 0 Å². The normalized spacial score (nSPS) is 11.4. The predicted octanol–water partition coefficient (Wildman–Crippen LogP) is 3.97. The molecule has 0 bridgehead atoms. The number of amides is 1. The van der Waals surface area contributed by atoms with Crippen LogP contribution in [0, 0.1) is 6.92 Å². The zero-order valence-corrected chi connectivity index (χ0v) is 19.8. The van der Waals surface area contributed by atoms with E-state index in [0.29, 0.717) is 36.5 Å². The van der Waals surface area contributed by atoms with Crippen LogP contribution in [0.2, 0.25) is 0 Å². The molecule has 4 rings (SSSR count). The number of aromatic nitrogens is 2. The molecule has 0 atom stereocenters. The van der Waals surface area contributed by atoms with Crippen molar-refractivity contribution in [1.82, 2.24) is 14.9 Å². The molecular formula is C25H26N4O4S. The molecule has 1 aromatic heterocycles. The van der Waals surface area contributed by atoms with Crippen LogP contribution in [0.25, 0.3) is 11.0 Å². The maximum atomic E-state index is 13.1. The minimum Gasteiger partial charge on any atom is -0.495 e. The zero-order chi connectivity index (χ0) is 24.1. The number of nitrogens with zero attached hydrogens (tertiary/aromatic N) is 2. The second-order valence-corrected chi connectivity index (χ2v) is 9.47. The summed E-state index contributed by atoms with van der Waals surface area (Å²) in [6, 6.07) is 19.3. The smallest absolute Gasteiger partial charge is 0.262 e. The van der Waals surface area contributed by atoms with E-state index >= 15 is 0 Å². The summed E-state index contributed by atoms with van der Waals surface area (Å²) in [4.78, 5) is 17.1. The van der Waals surface area contributed by atoms with Crippen LogP contribution < -0.4 is 14.8 Å². The number of nitrogens with one attached hydrogen (secondary N) is 2. The van der Waals surface area contributed by atoms with Gasteiger partial charge in [-0.25, -0.2) is 13.4 Å². The first-order valence-corrected chi connectivity index (χ1v) is 12.3. The molecule has 0 aliphatic rings. The Labute approximate surface area is 198 Å². The van der Waals surface area contributed by atoms with Gasteiger partial charge in [-0.15, -0.1) is 0 Å². The van der Waals surface area contributed by atoms with E-state index in [0.717, 1.165) is 11.0 Å². The Morgan fingerprint density at radius 2 is 1.82 bits per heavy atom. The predicted molar refractivity (Wildman–Crippen MR) is 132 cm³/mol. The molecule has 0 spiro atoms.